The van der Waals surface area contributed by atoms with E-state index in [1.807, 2.05) is 29.2 Å². The molecule has 1 saturated heterocycles. The van der Waals surface area contributed by atoms with Gasteiger partial charge in [0, 0.05) is 37.7 Å². The van der Waals surface area contributed by atoms with E-state index >= 15 is 0 Å². The third kappa shape index (κ3) is 3.91. The molecule has 2 amide bonds. The van der Waals surface area contributed by atoms with Crippen molar-refractivity contribution in [2.75, 3.05) is 44.7 Å². The van der Waals surface area contributed by atoms with Gasteiger partial charge in [-0.1, -0.05) is 41.9 Å². The molecule has 2 aromatic rings. The second-order valence-electron chi connectivity index (χ2n) is 7.39. The lowest BCUT2D eigenvalue weighted by molar-refractivity contribution is -0.136. The number of rotatable bonds is 6. The van der Waals surface area contributed by atoms with Crippen LogP contribution in [0.3, 0.4) is 0 Å². The molecule has 2 aromatic carbocycles. The van der Waals surface area contributed by atoms with Crippen LogP contribution in [-0.4, -0.2) is 61.4 Å². The van der Waals surface area contributed by atoms with Crippen molar-refractivity contribution in [3.8, 4) is 5.75 Å². The molecule has 6 nitrogen and oxygen atoms in total. The van der Waals surface area contributed by atoms with Gasteiger partial charge < -0.3 is 14.5 Å². The van der Waals surface area contributed by atoms with E-state index in [9.17, 15) is 9.59 Å². The maximum Gasteiger partial charge on any atom is 0.278 e. The van der Waals surface area contributed by atoms with Crippen molar-refractivity contribution in [2.45, 2.75) is 0 Å². The van der Waals surface area contributed by atoms with Crippen molar-refractivity contribution >= 4 is 34.7 Å². The van der Waals surface area contributed by atoms with Crippen LogP contribution in [0, 0.1) is 0 Å². The Labute approximate surface area is 186 Å². The number of halogens is 1. The van der Waals surface area contributed by atoms with Crippen molar-refractivity contribution in [2.24, 2.45) is 0 Å². The van der Waals surface area contributed by atoms with Gasteiger partial charge in [-0.3, -0.25) is 14.5 Å². The number of methoxy groups -OCH3 is 1. The van der Waals surface area contributed by atoms with Crippen molar-refractivity contribution in [3.63, 3.8) is 0 Å². The number of carbonyl (C=O) groups excluding carboxylic acids is 2. The summed E-state index contributed by atoms with van der Waals surface area (Å²) in [7, 11) is 1.66. The fraction of sp³-hybridized carbons (Fsp3) is 0.250. The minimum absolute atomic E-state index is 0.180. The summed E-state index contributed by atoms with van der Waals surface area (Å²) in [5.41, 5.74) is 2.60. The SMILES string of the molecule is C=CCN1C(=O)C(c2ccc(Cl)cc2)=C(N2CCN(c3ccccc3OC)CC2)C1=O. The average Bonchev–Trinajstić information content (AvgIpc) is 3.05. The first-order valence-corrected chi connectivity index (χ1v) is 10.5. The smallest absolute Gasteiger partial charge is 0.278 e. The highest BCUT2D eigenvalue weighted by Crippen LogP contribution is 2.34. The van der Waals surface area contributed by atoms with E-state index in [0.717, 1.165) is 11.4 Å². The van der Waals surface area contributed by atoms with Crippen LogP contribution in [0.4, 0.5) is 5.69 Å². The number of hydrogen-bond acceptors (Lipinski definition) is 5. The first kappa shape index (κ1) is 21.0. The largest absolute Gasteiger partial charge is 0.495 e. The molecule has 0 atom stereocenters. The number of ether oxygens (including phenoxy) is 1. The van der Waals surface area contributed by atoms with Gasteiger partial charge in [0.15, 0.2) is 0 Å². The van der Waals surface area contributed by atoms with Crippen LogP contribution in [-0.2, 0) is 9.59 Å². The number of piperazine rings is 1. The molecule has 2 aliphatic rings. The Morgan fingerprint density at radius 2 is 1.61 bits per heavy atom. The number of amides is 2. The predicted octanol–water partition coefficient (Wildman–Crippen LogP) is 3.44. The molecule has 7 heteroatoms. The first-order chi connectivity index (χ1) is 15.0. The minimum Gasteiger partial charge on any atom is -0.495 e. The Hall–Kier alpha value is -3.25. The van der Waals surface area contributed by atoms with Gasteiger partial charge in [-0.2, -0.15) is 0 Å². The Balaban J connectivity index is 1.64. The summed E-state index contributed by atoms with van der Waals surface area (Å²) in [4.78, 5) is 31.8. The molecule has 0 aromatic heterocycles. The highest BCUT2D eigenvalue weighted by Gasteiger charge is 2.41. The second-order valence-corrected chi connectivity index (χ2v) is 7.82. The fourth-order valence-electron chi connectivity index (χ4n) is 4.09. The summed E-state index contributed by atoms with van der Waals surface area (Å²) in [5, 5.41) is 0.580. The van der Waals surface area contributed by atoms with Crippen molar-refractivity contribution in [1.82, 2.24) is 9.80 Å². The van der Waals surface area contributed by atoms with Crippen LogP contribution in [0.5, 0.6) is 5.75 Å². The van der Waals surface area contributed by atoms with Gasteiger partial charge in [0.1, 0.15) is 11.4 Å². The van der Waals surface area contributed by atoms with Crippen molar-refractivity contribution < 1.29 is 14.3 Å². The molecule has 2 heterocycles. The van der Waals surface area contributed by atoms with Crippen LogP contribution in [0.2, 0.25) is 5.02 Å². The summed E-state index contributed by atoms with van der Waals surface area (Å²) in [6, 6.07) is 14.9. The molecule has 0 saturated carbocycles. The summed E-state index contributed by atoms with van der Waals surface area (Å²) in [5.74, 6) is 0.247. The number of nitrogens with zero attached hydrogens (tertiary/aromatic N) is 3. The minimum atomic E-state index is -0.297. The maximum absolute atomic E-state index is 13.2. The molecule has 0 unspecified atom stereocenters. The number of imide groups is 1. The summed E-state index contributed by atoms with van der Waals surface area (Å²) < 4.78 is 5.49. The van der Waals surface area contributed by atoms with Crippen LogP contribution >= 0.6 is 11.6 Å². The highest BCUT2D eigenvalue weighted by atomic mass is 35.5. The zero-order chi connectivity index (χ0) is 22.0. The topological polar surface area (TPSA) is 53.1 Å². The van der Waals surface area contributed by atoms with E-state index in [1.165, 1.54) is 4.90 Å². The number of hydrogen-bond donors (Lipinski definition) is 0. The lowest BCUT2D eigenvalue weighted by Gasteiger charge is -2.38. The van der Waals surface area contributed by atoms with Gasteiger partial charge in [-0.05, 0) is 29.8 Å². The fourth-order valence-corrected chi connectivity index (χ4v) is 4.22. The predicted molar refractivity (Wildman–Crippen MR) is 122 cm³/mol. The molecule has 4 rings (SSSR count). The Morgan fingerprint density at radius 3 is 2.26 bits per heavy atom. The maximum atomic E-state index is 13.2. The Morgan fingerprint density at radius 1 is 0.968 bits per heavy atom. The van der Waals surface area contributed by atoms with Crippen molar-refractivity contribution in [1.29, 1.82) is 0 Å². The van der Waals surface area contributed by atoms with E-state index in [2.05, 4.69) is 11.5 Å². The van der Waals surface area contributed by atoms with Gasteiger partial charge in [0.25, 0.3) is 11.8 Å². The first-order valence-electron chi connectivity index (χ1n) is 10.2. The monoisotopic (exact) mass is 437 g/mol. The molecule has 0 spiro atoms. The molecular weight excluding hydrogens is 414 g/mol. The van der Waals surface area contributed by atoms with Gasteiger partial charge in [0.2, 0.25) is 0 Å². The third-order valence-corrected chi connectivity index (χ3v) is 5.86. The van der Waals surface area contributed by atoms with E-state index in [1.54, 1.807) is 37.5 Å². The lowest BCUT2D eigenvalue weighted by Crippen LogP contribution is -2.47. The average molecular weight is 438 g/mol. The van der Waals surface area contributed by atoms with Gasteiger partial charge in [-0.15, -0.1) is 6.58 Å². The summed E-state index contributed by atoms with van der Waals surface area (Å²) >= 11 is 6.03. The molecule has 31 heavy (non-hydrogen) atoms. The van der Waals surface area contributed by atoms with Gasteiger partial charge in [0.05, 0.1) is 18.4 Å². The summed E-state index contributed by atoms with van der Waals surface area (Å²) in [6.45, 7) is 6.52. The summed E-state index contributed by atoms with van der Waals surface area (Å²) in [6.07, 6.45) is 1.57. The van der Waals surface area contributed by atoms with E-state index in [0.29, 0.717) is 48.0 Å². The Kier molecular flexibility index (Phi) is 6.00. The molecule has 0 N–H and O–H groups in total. The number of anilines is 1. The standard InChI is InChI=1S/C24H24ClN3O3/c1-3-12-28-23(29)21(17-8-10-18(25)11-9-17)22(24(28)30)27-15-13-26(14-16-27)19-6-4-5-7-20(19)31-2/h3-11H,1,12-16H2,2H3. The van der Waals surface area contributed by atoms with E-state index in [-0.39, 0.29) is 18.4 Å². The van der Waals surface area contributed by atoms with Crippen LogP contribution in [0.15, 0.2) is 66.9 Å². The number of benzene rings is 2. The van der Waals surface area contributed by atoms with Crippen molar-refractivity contribution in [3.05, 3.63) is 77.5 Å². The van der Waals surface area contributed by atoms with Crippen LogP contribution < -0.4 is 9.64 Å². The van der Waals surface area contributed by atoms with E-state index < -0.39 is 0 Å². The highest BCUT2D eigenvalue weighted by molar-refractivity contribution is 6.36. The molecule has 0 bridgehead atoms. The third-order valence-electron chi connectivity index (χ3n) is 5.61. The zero-order valence-corrected chi connectivity index (χ0v) is 18.1. The van der Waals surface area contributed by atoms with Gasteiger partial charge in [-0.25, -0.2) is 0 Å². The Bertz CT molecular complexity index is 1040. The molecule has 0 aliphatic carbocycles. The number of para-hydroxylation sites is 2. The number of carbonyl (C=O) groups is 2. The molecular formula is C24H24ClN3O3. The quantitative estimate of drug-likeness (QED) is 0.512. The second kappa shape index (κ2) is 8.86. The van der Waals surface area contributed by atoms with Crippen LogP contribution in [0.1, 0.15) is 5.56 Å². The normalized spacial score (nSPS) is 16.9. The molecule has 1 fully saturated rings. The lowest BCUT2D eigenvalue weighted by atomic mass is 10.0. The molecule has 0 radical (unpaired) electrons. The van der Waals surface area contributed by atoms with Crippen LogP contribution in [0.25, 0.3) is 5.57 Å². The molecule has 2 aliphatic heterocycles. The van der Waals surface area contributed by atoms with E-state index in [4.69, 9.17) is 16.3 Å². The zero-order valence-electron chi connectivity index (χ0n) is 17.4. The molecule has 160 valence electrons. The van der Waals surface area contributed by atoms with Gasteiger partial charge >= 0.3 is 0 Å².